The summed E-state index contributed by atoms with van der Waals surface area (Å²) in [5, 5.41) is 6.00. The quantitative estimate of drug-likeness (QED) is 0.435. The van der Waals surface area contributed by atoms with E-state index in [4.69, 9.17) is 25.3 Å². The number of sulfonamides is 1. The Morgan fingerprint density at radius 1 is 0.971 bits per heavy atom. The van der Waals surface area contributed by atoms with Crippen LogP contribution in [0.2, 0.25) is 0 Å². The number of anilines is 2. The molecule has 0 fully saturated rings. The Labute approximate surface area is 203 Å². The summed E-state index contributed by atoms with van der Waals surface area (Å²) in [5.74, 6) is 1.85. The zero-order valence-corrected chi connectivity index (χ0v) is 20.2. The van der Waals surface area contributed by atoms with E-state index < -0.39 is 10.0 Å². The molecular weight excluding hydrogens is 466 g/mol. The number of ether oxygens (including phenoxy) is 2. The molecule has 180 valence electrons. The first kappa shape index (κ1) is 22.9. The first-order valence-corrected chi connectivity index (χ1v) is 12.5. The molecule has 0 aliphatic carbocycles. The van der Waals surface area contributed by atoms with Crippen LogP contribution in [0.3, 0.4) is 0 Å². The van der Waals surface area contributed by atoms with Gasteiger partial charge in [0.05, 0.1) is 30.0 Å². The lowest BCUT2D eigenvalue weighted by Gasteiger charge is -2.29. The Morgan fingerprint density at radius 3 is 2.43 bits per heavy atom. The van der Waals surface area contributed by atoms with E-state index in [2.05, 4.69) is 4.98 Å². The Kier molecular flexibility index (Phi) is 5.70. The standard InChI is InChI=1S/C25H25N5O4S/c1-33-20-13-19-22(21(23(20)34-2)16-6-4-3-5-7-16)24(26)29-25(28-19)30-11-10-15-8-9-18(35(27,31)32)12-17(15)14-30/h3-9,12-13H,10-11,14H2,1-2H3,(H2,26,28,29)(H2,27,31,32). The van der Waals surface area contributed by atoms with Crippen molar-refractivity contribution in [1.82, 2.24) is 9.97 Å². The Hall–Kier alpha value is -3.89. The van der Waals surface area contributed by atoms with E-state index in [-0.39, 0.29) is 4.90 Å². The molecule has 5 rings (SSSR count). The highest BCUT2D eigenvalue weighted by Gasteiger charge is 2.24. The van der Waals surface area contributed by atoms with Gasteiger partial charge in [-0.2, -0.15) is 4.98 Å². The predicted octanol–water partition coefficient (Wildman–Crippen LogP) is 3.11. The summed E-state index contributed by atoms with van der Waals surface area (Å²) in [6.07, 6.45) is 0.711. The van der Waals surface area contributed by atoms with Crippen LogP contribution in [0.5, 0.6) is 11.5 Å². The topological polar surface area (TPSA) is 134 Å². The fourth-order valence-corrected chi connectivity index (χ4v) is 5.09. The van der Waals surface area contributed by atoms with Crippen LogP contribution in [0.15, 0.2) is 59.5 Å². The molecule has 0 saturated carbocycles. The van der Waals surface area contributed by atoms with Crippen LogP contribution in [0.25, 0.3) is 22.0 Å². The monoisotopic (exact) mass is 491 g/mol. The number of nitrogens with zero attached hydrogens (tertiary/aromatic N) is 3. The van der Waals surface area contributed by atoms with E-state index in [9.17, 15) is 8.42 Å². The van der Waals surface area contributed by atoms with Gasteiger partial charge in [-0.1, -0.05) is 36.4 Å². The smallest absolute Gasteiger partial charge is 0.238 e. The molecule has 3 aromatic carbocycles. The summed E-state index contributed by atoms with van der Waals surface area (Å²) in [7, 11) is -0.631. The molecule has 1 aromatic heterocycles. The number of rotatable bonds is 5. The molecule has 1 aliphatic heterocycles. The normalized spacial score (nSPS) is 13.5. The van der Waals surface area contributed by atoms with Gasteiger partial charge in [0.15, 0.2) is 11.5 Å². The maximum absolute atomic E-state index is 11.8. The van der Waals surface area contributed by atoms with Gasteiger partial charge in [-0.05, 0) is 35.2 Å². The molecule has 0 radical (unpaired) electrons. The van der Waals surface area contributed by atoms with Gasteiger partial charge < -0.3 is 20.1 Å². The minimum Gasteiger partial charge on any atom is -0.493 e. The first-order chi connectivity index (χ1) is 16.8. The second-order valence-corrected chi connectivity index (χ2v) is 9.86. The van der Waals surface area contributed by atoms with Crippen molar-refractivity contribution < 1.29 is 17.9 Å². The molecule has 9 nitrogen and oxygen atoms in total. The van der Waals surface area contributed by atoms with Crippen LogP contribution in [-0.4, -0.2) is 39.2 Å². The zero-order chi connectivity index (χ0) is 24.7. The molecule has 4 aromatic rings. The molecule has 10 heteroatoms. The molecule has 1 aliphatic rings. The van der Waals surface area contributed by atoms with Gasteiger partial charge in [0.1, 0.15) is 5.82 Å². The van der Waals surface area contributed by atoms with Gasteiger partial charge in [0.25, 0.3) is 0 Å². The van der Waals surface area contributed by atoms with Crippen molar-refractivity contribution in [3.8, 4) is 22.6 Å². The van der Waals surface area contributed by atoms with Crippen molar-refractivity contribution in [2.45, 2.75) is 17.9 Å². The Balaban J connectivity index is 1.64. The van der Waals surface area contributed by atoms with E-state index in [0.29, 0.717) is 53.7 Å². The maximum Gasteiger partial charge on any atom is 0.238 e. The summed E-state index contributed by atoms with van der Waals surface area (Å²) in [6, 6.07) is 16.5. The largest absolute Gasteiger partial charge is 0.493 e. The van der Waals surface area contributed by atoms with E-state index in [1.54, 1.807) is 32.4 Å². The van der Waals surface area contributed by atoms with E-state index in [0.717, 1.165) is 22.3 Å². The lowest BCUT2D eigenvalue weighted by molar-refractivity contribution is 0.357. The third kappa shape index (κ3) is 4.11. The molecule has 0 atom stereocenters. The molecule has 35 heavy (non-hydrogen) atoms. The number of nitrogens with two attached hydrogens (primary N) is 2. The minimum absolute atomic E-state index is 0.0846. The van der Waals surface area contributed by atoms with Crippen LogP contribution >= 0.6 is 0 Å². The van der Waals surface area contributed by atoms with Crippen LogP contribution < -0.4 is 25.2 Å². The number of hydrogen-bond donors (Lipinski definition) is 2. The fraction of sp³-hybridized carbons (Fsp3) is 0.200. The van der Waals surface area contributed by atoms with Crippen molar-refractivity contribution >= 4 is 32.7 Å². The number of hydrogen-bond acceptors (Lipinski definition) is 8. The van der Waals surface area contributed by atoms with Crippen LogP contribution in [0.1, 0.15) is 11.1 Å². The summed E-state index contributed by atoms with van der Waals surface area (Å²) in [6.45, 7) is 1.09. The molecular formula is C25H25N5O4S. The van der Waals surface area contributed by atoms with Crippen molar-refractivity contribution in [3.63, 3.8) is 0 Å². The van der Waals surface area contributed by atoms with Crippen molar-refractivity contribution in [1.29, 1.82) is 0 Å². The Bertz CT molecular complexity index is 1540. The lowest BCUT2D eigenvalue weighted by atomic mass is 9.98. The van der Waals surface area contributed by atoms with Crippen LogP contribution in [-0.2, 0) is 23.0 Å². The highest BCUT2D eigenvalue weighted by molar-refractivity contribution is 7.89. The fourth-order valence-electron chi connectivity index (χ4n) is 4.53. The van der Waals surface area contributed by atoms with Crippen LogP contribution in [0.4, 0.5) is 11.8 Å². The highest BCUT2D eigenvalue weighted by atomic mass is 32.2. The highest BCUT2D eigenvalue weighted by Crippen LogP contribution is 2.45. The summed E-state index contributed by atoms with van der Waals surface area (Å²) >= 11 is 0. The number of nitrogen functional groups attached to an aromatic ring is 1. The van der Waals surface area contributed by atoms with Crippen LogP contribution in [0, 0.1) is 0 Å². The third-order valence-electron chi connectivity index (χ3n) is 6.21. The van der Waals surface area contributed by atoms with Gasteiger partial charge in [-0.25, -0.2) is 18.5 Å². The van der Waals surface area contributed by atoms with Crippen molar-refractivity contribution in [2.75, 3.05) is 31.4 Å². The second-order valence-electron chi connectivity index (χ2n) is 8.30. The van der Waals surface area contributed by atoms with E-state index in [1.165, 1.54) is 0 Å². The Morgan fingerprint density at radius 2 is 1.74 bits per heavy atom. The third-order valence-corrected chi connectivity index (χ3v) is 7.12. The molecule has 0 spiro atoms. The number of methoxy groups -OCH3 is 2. The number of primary sulfonamides is 1. The van der Waals surface area contributed by atoms with Gasteiger partial charge >= 0.3 is 0 Å². The van der Waals surface area contributed by atoms with E-state index in [1.807, 2.05) is 41.3 Å². The van der Waals surface area contributed by atoms with Crippen molar-refractivity contribution in [3.05, 3.63) is 65.7 Å². The second kappa shape index (κ2) is 8.71. The number of aromatic nitrogens is 2. The van der Waals surface area contributed by atoms with E-state index >= 15 is 0 Å². The predicted molar refractivity (Wildman–Crippen MR) is 135 cm³/mol. The molecule has 0 bridgehead atoms. The van der Waals surface area contributed by atoms with Gasteiger partial charge in [-0.3, -0.25) is 0 Å². The minimum atomic E-state index is -3.79. The summed E-state index contributed by atoms with van der Waals surface area (Å²) in [4.78, 5) is 11.5. The molecule has 0 unspecified atom stereocenters. The first-order valence-electron chi connectivity index (χ1n) is 11.0. The summed E-state index contributed by atoms with van der Waals surface area (Å²) < 4.78 is 35.0. The number of fused-ring (bicyclic) bond motifs is 2. The molecule has 4 N–H and O–H groups in total. The van der Waals surface area contributed by atoms with Crippen molar-refractivity contribution in [2.24, 2.45) is 5.14 Å². The van der Waals surface area contributed by atoms with Gasteiger partial charge in [-0.15, -0.1) is 0 Å². The molecule has 2 heterocycles. The molecule has 0 amide bonds. The zero-order valence-electron chi connectivity index (χ0n) is 19.4. The average molecular weight is 492 g/mol. The average Bonchev–Trinajstić information content (AvgIpc) is 2.86. The number of benzene rings is 3. The maximum atomic E-state index is 11.8. The van der Waals surface area contributed by atoms with Gasteiger partial charge in [0, 0.05) is 24.7 Å². The molecule has 0 saturated heterocycles. The SMILES string of the molecule is COc1cc2nc(N3CCc4ccc(S(N)(=O)=O)cc4C3)nc(N)c2c(-c2ccccc2)c1OC. The lowest BCUT2D eigenvalue weighted by Crippen LogP contribution is -2.32. The van der Waals surface area contributed by atoms with Gasteiger partial charge in [0.2, 0.25) is 16.0 Å². The summed E-state index contributed by atoms with van der Waals surface area (Å²) in [5.41, 5.74) is 10.7.